The highest BCUT2D eigenvalue weighted by Crippen LogP contribution is 2.38. The number of fused-ring (bicyclic) bond motifs is 10. The number of benzene rings is 8. The van der Waals surface area contributed by atoms with Crippen molar-refractivity contribution < 1.29 is 59.1 Å². The van der Waals surface area contributed by atoms with Crippen LogP contribution in [0.1, 0.15) is 108 Å². The van der Waals surface area contributed by atoms with Gasteiger partial charge in [0, 0.05) is 150 Å². The number of amides is 5. The molecule has 5 aliphatic rings. The number of carbonyl (C=O) groups excluding carboxylic acids is 5. The van der Waals surface area contributed by atoms with Gasteiger partial charge < -0.3 is 33.3 Å². The van der Waals surface area contributed by atoms with Crippen molar-refractivity contribution in [2.45, 2.75) is 65.4 Å². The topological polar surface area (TPSA) is 239 Å². The van der Waals surface area contributed by atoms with Crippen molar-refractivity contribution in [3.8, 4) is 55.6 Å². The molecule has 0 radical (unpaired) electrons. The van der Waals surface area contributed by atoms with Gasteiger partial charge in [0.25, 0.3) is 29.5 Å². The predicted molar refractivity (Wildman–Crippen MR) is 512 cm³/mol. The van der Waals surface area contributed by atoms with Crippen molar-refractivity contribution in [1.29, 1.82) is 0 Å². The minimum atomic E-state index is -0.683. The molecule has 0 saturated heterocycles. The molecule has 5 amide bonds. The van der Waals surface area contributed by atoms with Gasteiger partial charge in [0.2, 0.25) is 0 Å². The van der Waals surface area contributed by atoms with Gasteiger partial charge in [-0.2, -0.15) is 0 Å². The van der Waals surface area contributed by atoms with Crippen molar-refractivity contribution in [2.75, 3.05) is 0 Å². The zero-order valence-corrected chi connectivity index (χ0v) is 74.5. The number of rotatable bonds is 15. The molecule has 0 saturated carbocycles. The van der Waals surface area contributed by atoms with E-state index >= 15 is 0 Å². The standard InChI is InChI=1S/2C23H15F2N3O.C23H16FN3O.C21H14F2N4O.C21H15FN4O/c24-19-10-16(14-5-6-21-15(9-14)3-1-7-26-21)11-20(25)18(19)12-28-13-22-17(23(28)29)4-2-8-27-22;24-20-9-17(14-3-4-16-11-26-7-5-15(16)8-14)10-21(25)19(20)12-28-13-22-18(23(28)29)2-1-6-27-22;24-20-12-16(15-7-8-21-17(11-15)3-1-9-25-21)5-6-18(20)13-27-14-22-19(23(27)28)4-2-10-26-22;22-17-8-14(13-3-4-20-25-6-7-26(20)10-13)9-18(23)16(17)11-27-12-19-15(21(27)28)2-1-5-24-19;22-18-10-14(15-5-6-20-24-8-9-25(20)11-15)3-4-16(18)12-26-13-19-17(21(26)27)2-1-7-23-19/h2*1-11H,12-13H2;1-12H,13-14H2;1-10H,11-12H2;1-11H,12-13H2. The Bertz CT molecular complexity index is 8170. The lowest BCUT2D eigenvalue weighted by Gasteiger charge is -2.17. The Kier molecular flexibility index (Phi) is 24.3. The molecule has 0 N–H and O–H groups in total. The third kappa shape index (κ3) is 18.4. The summed E-state index contributed by atoms with van der Waals surface area (Å²) >= 11 is 0. The Balaban J connectivity index is 0.000000104. The number of hydrogen-bond donors (Lipinski definition) is 0. The summed E-state index contributed by atoms with van der Waals surface area (Å²) in [5.41, 5.74) is 16.7. The largest absolute Gasteiger partial charge is 0.328 e. The highest BCUT2D eigenvalue weighted by molar-refractivity contribution is 6.01. The third-order valence-electron chi connectivity index (χ3n) is 25.3. The minimum absolute atomic E-state index is 0.103. The Hall–Kier alpha value is -18.1. The minimum Gasteiger partial charge on any atom is -0.328 e. The molecule has 12 aromatic heterocycles. The zero-order valence-electron chi connectivity index (χ0n) is 74.5. The van der Waals surface area contributed by atoms with Gasteiger partial charge in [-0.05, 0) is 243 Å². The first-order valence-electron chi connectivity index (χ1n) is 44.7. The second-order valence-electron chi connectivity index (χ2n) is 34.1. The molecule has 0 aliphatic carbocycles. The van der Waals surface area contributed by atoms with Crippen molar-refractivity contribution in [3.63, 3.8) is 0 Å². The quantitative estimate of drug-likeness (QED) is 0.0867. The summed E-state index contributed by atoms with van der Waals surface area (Å²) < 4.78 is 122. The SMILES string of the molecule is O=C1c2cccnc2CN1Cc1c(F)cc(-c2ccc3cnccc3c2)cc1F.O=C1c2cccnc2CN1Cc1c(F)cc(-c2ccc3ncccc3c2)cc1F.O=C1c2cccnc2CN1Cc1c(F)cc(-c2ccc3nccn3c2)cc1F.O=C1c2cccnc2CN1Cc1ccc(-c2ccc3ncccc3c2)cc1F.O=C1c2cccnc2CN1Cc1ccc(-c2ccc3nccn3c2)cc1F. The van der Waals surface area contributed by atoms with Crippen LogP contribution in [0, 0.1) is 46.5 Å². The van der Waals surface area contributed by atoms with Crippen LogP contribution in [0.5, 0.6) is 0 Å². The van der Waals surface area contributed by atoms with Crippen LogP contribution in [0.2, 0.25) is 0 Å². The molecule has 0 bridgehead atoms. The normalized spacial score (nSPS) is 13.2. The van der Waals surface area contributed by atoms with Gasteiger partial charge in [-0.25, -0.2) is 45.1 Å². The molecule has 0 unspecified atom stereocenters. The number of aromatic nitrogens is 12. The molecule has 8 aromatic carbocycles. The van der Waals surface area contributed by atoms with Crippen LogP contribution < -0.4 is 0 Å². The second-order valence-corrected chi connectivity index (χ2v) is 34.1. The number of carbonyl (C=O) groups is 5. The van der Waals surface area contributed by atoms with Gasteiger partial charge in [0.05, 0.1) is 120 Å². The first-order chi connectivity index (χ1) is 68.7. The van der Waals surface area contributed by atoms with E-state index in [1.54, 1.807) is 186 Å². The van der Waals surface area contributed by atoms with E-state index in [0.29, 0.717) is 102 Å². The molecule has 0 fully saturated rings. The average molecular weight is 1880 g/mol. The number of imidazole rings is 2. The molecular formula is C111H75F8N17O5. The lowest BCUT2D eigenvalue weighted by molar-refractivity contribution is 0.0755. The Morgan fingerprint density at radius 2 is 0.525 bits per heavy atom. The number of halogens is 8. The second kappa shape index (κ2) is 38.2. The van der Waals surface area contributed by atoms with E-state index in [2.05, 4.69) is 49.8 Å². The van der Waals surface area contributed by atoms with Crippen molar-refractivity contribution >= 4 is 73.4 Å². The van der Waals surface area contributed by atoms with Crippen LogP contribution >= 0.6 is 0 Å². The van der Waals surface area contributed by atoms with Gasteiger partial charge in [-0.1, -0.05) is 60.7 Å². The Labute approximate surface area is 798 Å². The smallest absolute Gasteiger partial charge is 0.256 e. The molecule has 30 heteroatoms. The maximum absolute atomic E-state index is 14.8. The fourth-order valence-corrected chi connectivity index (χ4v) is 18.0. The van der Waals surface area contributed by atoms with Gasteiger partial charge in [0.1, 0.15) is 57.8 Å². The van der Waals surface area contributed by atoms with E-state index in [1.807, 2.05) is 120 Å². The van der Waals surface area contributed by atoms with Crippen LogP contribution in [0.4, 0.5) is 35.1 Å². The summed E-state index contributed by atoms with van der Waals surface area (Å²) in [6, 6.07) is 68.9. The Morgan fingerprint density at radius 1 is 0.234 bits per heavy atom. The number of pyridine rings is 10. The van der Waals surface area contributed by atoms with Crippen LogP contribution in [0.3, 0.4) is 0 Å². The van der Waals surface area contributed by atoms with E-state index in [1.165, 1.54) is 63.2 Å². The summed E-state index contributed by atoms with van der Waals surface area (Å²) in [5.74, 6) is -5.72. The van der Waals surface area contributed by atoms with Crippen LogP contribution in [0.25, 0.3) is 99.5 Å². The monoisotopic (exact) mass is 1880 g/mol. The maximum atomic E-state index is 14.8. The van der Waals surface area contributed by atoms with Gasteiger partial charge in [-0.15, -0.1) is 0 Å². The molecule has 20 aromatic rings. The highest BCUT2D eigenvalue weighted by atomic mass is 19.2. The summed E-state index contributed by atoms with van der Waals surface area (Å²) in [4.78, 5) is 112. The van der Waals surface area contributed by atoms with Crippen molar-refractivity contribution in [3.05, 3.63) is 466 Å². The number of nitrogens with zero attached hydrogens (tertiary/aromatic N) is 17. The fraction of sp³-hybridized carbons (Fsp3) is 0.0901. The summed E-state index contributed by atoms with van der Waals surface area (Å²) in [6.07, 6.45) is 25.7. The van der Waals surface area contributed by atoms with Crippen LogP contribution in [-0.2, 0) is 65.4 Å². The van der Waals surface area contributed by atoms with Gasteiger partial charge in [0.15, 0.2) is 0 Å². The molecule has 0 spiro atoms. The summed E-state index contributed by atoms with van der Waals surface area (Å²) in [5, 5.41) is 3.80. The van der Waals surface area contributed by atoms with Crippen LogP contribution in [-0.4, -0.2) is 113 Å². The fourth-order valence-electron chi connectivity index (χ4n) is 18.0. The molecule has 22 nitrogen and oxygen atoms in total. The molecule has 5 aliphatic heterocycles. The molecule has 0 atom stereocenters. The van der Waals surface area contributed by atoms with Crippen LogP contribution in [0.15, 0.2) is 336 Å². The summed E-state index contributed by atoms with van der Waals surface area (Å²) in [7, 11) is 0. The first-order valence-corrected chi connectivity index (χ1v) is 44.7. The maximum Gasteiger partial charge on any atom is 0.256 e. The molecular weight excluding hydrogens is 1800 g/mol. The van der Waals surface area contributed by atoms with E-state index in [9.17, 15) is 59.1 Å². The Morgan fingerprint density at radius 3 is 0.894 bits per heavy atom. The van der Waals surface area contributed by atoms with E-state index in [0.717, 1.165) is 77.5 Å². The molecule has 17 heterocycles. The third-order valence-corrected chi connectivity index (χ3v) is 25.3. The van der Waals surface area contributed by atoms with Crippen molar-refractivity contribution in [2.24, 2.45) is 0 Å². The average Bonchev–Trinajstić information content (AvgIpc) is 1.70. The molecule has 690 valence electrons. The van der Waals surface area contributed by atoms with Crippen molar-refractivity contribution in [1.82, 2.24) is 83.1 Å². The highest BCUT2D eigenvalue weighted by Gasteiger charge is 2.36. The predicted octanol–water partition coefficient (Wildman–Crippen LogP) is 21.6. The lowest BCUT2D eigenvalue weighted by Crippen LogP contribution is -2.24. The summed E-state index contributed by atoms with van der Waals surface area (Å²) in [6.45, 7) is 1.57. The van der Waals surface area contributed by atoms with Gasteiger partial charge in [-0.3, -0.25) is 63.8 Å². The molecule has 25 rings (SSSR count). The number of hydrogen-bond acceptors (Lipinski definition) is 15. The van der Waals surface area contributed by atoms with Gasteiger partial charge >= 0.3 is 0 Å². The zero-order chi connectivity index (χ0) is 96.6. The van der Waals surface area contributed by atoms with E-state index in [4.69, 9.17) is 0 Å². The lowest BCUT2D eigenvalue weighted by atomic mass is 10.00. The first kappa shape index (κ1) is 89.4. The van der Waals surface area contributed by atoms with E-state index in [-0.39, 0.29) is 110 Å². The van der Waals surface area contributed by atoms with E-state index < -0.39 is 34.9 Å². The molecule has 141 heavy (non-hydrogen) atoms.